The summed E-state index contributed by atoms with van der Waals surface area (Å²) in [7, 11) is -8.69. The molecule has 0 heterocycles. The molecule has 0 spiro atoms. The Bertz CT molecular complexity index is 226. The minimum Gasteiger partial charge on any atom is -0.324 e. The van der Waals surface area contributed by atoms with Crippen LogP contribution in [0.4, 0.5) is 0 Å². The predicted octanol–water partition coefficient (Wildman–Crippen LogP) is 0.120. The highest BCUT2D eigenvalue weighted by Crippen LogP contribution is 2.49. The van der Waals surface area contributed by atoms with E-state index in [1.165, 1.54) is 6.92 Å². The average Bonchev–Trinajstić information content (AvgIpc) is 1.78. The quantitative estimate of drug-likeness (QED) is 0.498. The molecular formula is C4H12O6P2. The molecule has 0 amide bonds. The summed E-state index contributed by atoms with van der Waals surface area (Å²) in [6, 6.07) is 0. The first-order valence-corrected chi connectivity index (χ1v) is 6.74. The Labute approximate surface area is 69.9 Å². The molecule has 0 aromatic heterocycles. The molecule has 0 bridgehead atoms. The lowest BCUT2D eigenvalue weighted by molar-refractivity contribution is 0.344. The Morgan fingerprint density at radius 3 is 1.67 bits per heavy atom. The van der Waals surface area contributed by atoms with Crippen molar-refractivity contribution in [1.82, 2.24) is 0 Å². The smallest absolute Gasteiger partial charge is 0.324 e. The predicted molar refractivity (Wildman–Crippen MR) is 43.0 cm³/mol. The van der Waals surface area contributed by atoms with Crippen LogP contribution in [0.1, 0.15) is 13.3 Å². The van der Waals surface area contributed by atoms with Crippen molar-refractivity contribution in [2.45, 2.75) is 19.0 Å². The van der Waals surface area contributed by atoms with Crippen molar-refractivity contribution in [1.29, 1.82) is 0 Å². The SMILES string of the molecule is CCC(CP(=O)(O)O)P(=O)(O)O. The lowest BCUT2D eigenvalue weighted by Gasteiger charge is -2.16. The van der Waals surface area contributed by atoms with Gasteiger partial charge in [-0.1, -0.05) is 6.92 Å². The van der Waals surface area contributed by atoms with Gasteiger partial charge in [-0.3, -0.25) is 9.13 Å². The molecule has 0 saturated heterocycles. The van der Waals surface area contributed by atoms with Crippen LogP contribution in [0.2, 0.25) is 0 Å². The molecule has 0 aromatic carbocycles. The molecule has 12 heavy (non-hydrogen) atoms. The third-order valence-corrected chi connectivity index (χ3v) is 4.10. The zero-order valence-electron chi connectivity index (χ0n) is 6.49. The summed E-state index contributed by atoms with van der Waals surface area (Å²) < 4.78 is 21.0. The zero-order chi connectivity index (χ0) is 9.99. The molecule has 0 fully saturated rings. The second-order valence-electron chi connectivity index (χ2n) is 2.50. The molecule has 1 atom stereocenters. The van der Waals surface area contributed by atoms with E-state index >= 15 is 0 Å². The fourth-order valence-corrected chi connectivity index (χ4v) is 3.52. The highest BCUT2D eigenvalue weighted by Gasteiger charge is 2.33. The van der Waals surface area contributed by atoms with Crippen LogP contribution in [0.25, 0.3) is 0 Å². The Kier molecular flexibility index (Phi) is 4.11. The molecule has 1 unspecified atom stereocenters. The Morgan fingerprint density at radius 1 is 1.17 bits per heavy atom. The van der Waals surface area contributed by atoms with Crippen molar-refractivity contribution >= 4 is 15.2 Å². The Hall–Kier alpha value is 0.300. The van der Waals surface area contributed by atoms with Gasteiger partial charge in [0.05, 0.1) is 11.8 Å². The standard InChI is InChI=1S/C4H12O6P2/c1-2-4(12(8,9)10)3-11(5,6)7/h4H,2-3H2,1H3,(H2,5,6,7)(H2,8,9,10). The topological polar surface area (TPSA) is 115 Å². The van der Waals surface area contributed by atoms with E-state index in [0.29, 0.717) is 0 Å². The molecule has 0 rings (SSSR count). The summed E-state index contributed by atoms with van der Waals surface area (Å²) in [5.41, 5.74) is -1.24. The number of rotatable bonds is 4. The van der Waals surface area contributed by atoms with Crippen molar-refractivity contribution in [3.63, 3.8) is 0 Å². The second kappa shape index (κ2) is 4.01. The number of hydrogen-bond acceptors (Lipinski definition) is 2. The van der Waals surface area contributed by atoms with Gasteiger partial charge in [0.15, 0.2) is 0 Å². The minimum absolute atomic E-state index is 0.0510. The first-order valence-electron chi connectivity index (χ1n) is 3.26. The van der Waals surface area contributed by atoms with Gasteiger partial charge >= 0.3 is 15.2 Å². The van der Waals surface area contributed by atoms with Crippen molar-refractivity contribution in [3.8, 4) is 0 Å². The van der Waals surface area contributed by atoms with Gasteiger partial charge in [-0.15, -0.1) is 0 Å². The summed E-state index contributed by atoms with van der Waals surface area (Å²) in [6.07, 6.45) is -0.705. The Morgan fingerprint density at radius 2 is 1.58 bits per heavy atom. The van der Waals surface area contributed by atoms with E-state index in [1.807, 2.05) is 0 Å². The van der Waals surface area contributed by atoms with E-state index in [4.69, 9.17) is 19.6 Å². The maximum absolute atomic E-state index is 10.6. The fraction of sp³-hybridized carbons (Fsp3) is 1.00. The second-order valence-corrected chi connectivity index (χ2v) is 6.10. The van der Waals surface area contributed by atoms with Crippen LogP contribution in [0.3, 0.4) is 0 Å². The maximum Gasteiger partial charge on any atom is 0.329 e. The molecule has 0 aliphatic carbocycles. The zero-order valence-corrected chi connectivity index (χ0v) is 8.28. The van der Waals surface area contributed by atoms with Gasteiger partial charge in [0.1, 0.15) is 0 Å². The summed E-state index contributed by atoms with van der Waals surface area (Å²) in [4.78, 5) is 34.1. The lowest BCUT2D eigenvalue weighted by atomic mass is 10.4. The van der Waals surface area contributed by atoms with E-state index in [2.05, 4.69) is 0 Å². The molecule has 8 heteroatoms. The Balaban J connectivity index is 4.41. The van der Waals surface area contributed by atoms with Gasteiger partial charge in [0, 0.05) is 0 Å². The first-order chi connectivity index (χ1) is 5.17. The van der Waals surface area contributed by atoms with E-state index in [9.17, 15) is 9.13 Å². The van der Waals surface area contributed by atoms with Crippen LogP contribution >= 0.6 is 15.2 Å². The molecule has 0 aromatic rings. The maximum atomic E-state index is 10.6. The normalized spacial score (nSPS) is 16.1. The van der Waals surface area contributed by atoms with Gasteiger partial charge in [-0.05, 0) is 6.42 Å². The average molecular weight is 218 g/mol. The van der Waals surface area contributed by atoms with Gasteiger partial charge < -0.3 is 19.6 Å². The largest absolute Gasteiger partial charge is 0.329 e. The molecular weight excluding hydrogens is 206 g/mol. The van der Waals surface area contributed by atoms with Crippen molar-refractivity contribution < 1.29 is 28.7 Å². The van der Waals surface area contributed by atoms with Gasteiger partial charge in [-0.25, -0.2) is 0 Å². The van der Waals surface area contributed by atoms with Crippen LogP contribution in [0, 0.1) is 0 Å². The van der Waals surface area contributed by atoms with E-state index in [-0.39, 0.29) is 6.42 Å². The molecule has 6 nitrogen and oxygen atoms in total. The highest BCUT2D eigenvalue weighted by atomic mass is 31.2. The van der Waals surface area contributed by atoms with Crippen LogP contribution in [-0.4, -0.2) is 31.4 Å². The molecule has 4 N–H and O–H groups in total. The molecule has 0 radical (unpaired) electrons. The monoisotopic (exact) mass is 218 g/mol. The van der Waals surface area contributed by atoms with Crippen LogP contribution in [0.15, 0.2) is 0 Å². The molecule has 0 aliphatic heterocycles. The first kappa shape index (κ1) is 12.3. The van der Waals surface area contributed by atoms with Crippen LogP contribution in [0.5, 0.6) is 0 Å². The molecule has 0 saturated carbocycles. The molecule has 0 aliphatic rings. The third kappa shape index (κ3) is 5.04. The minimum atomic E-state index is -4.36. The summed E-state index contributed by atoms with van der Waals surface area (Å²) in [5, 5.41) is 0. The van der Waals surface area contributed by atoms with E-state index in [1.54, 1.807) is 0 Å². The fourth-order valence-electron chi connectivity index (χ4n) is 0.748. The summed E-state index contributed by atoms with van der Waals surface area (Å²) >= 11 is 0. The summed E-state index contributed by atoms with van der Waals surface area (Å²) in [5.74, 6) is 0. The summed E-state index contributed by atoms with van der Waals surface area (Å²) in [6.45, 7) is 1.47. The van der Waals surface area contributed by atoms with Gasteiger partial charge in [-0.2, -0.15) is 0 Å². The van der Waals surface area contributed by atoms with Crippen molar-refractivity contribution in [2.24, 2.45) is 0 Å². The van der Waals surface area contributed by atoms with Gasteiger partial charge in [0.25, 0.3) is 0 Å². The van der Waals surface area contributed by atoms with Crippen molar-refractivity contribution in [2.75, 3.05) is 6.16 Å². The van der Waals surface area contributed by atoms with E-state index < -0.39 is 27.0 Å². The third-order valence-electron chi connectivity index (χ3n) is 1.40. The van der Waals surface area contributed by atoms with Gasteiger partial charge in [0.2, 0.25) is 0 Å². The number of hydrogen-bond donors (Lipinski definition) is 4. The molecule has 74 valence electrons. The van der Waals surface area contributed by atoms with E-state index in [0.717, 1.165) is 0 Å². The van der Waals surface area contributed by atoms with Crippen LogP contribution in [-0.2, 0) is 9.13 Å². The lowest BCUT2D eigenvalue weighted by Crippen LogP contribution is -2.12. The van der Waals surface area contributed by atoms with Crippen molar-refractivity contribution in [3.05, 3.63) is 0 Å². The van der Waals surface area contributed by atoms with Crippen LogP contribution < -0.4 is 0 Å². The highest BCUT2D eigenvalue weighted by molar-refractivity contribution is 7.56.